The molecule has 7 heteroatoms. The number of rotatable bonds is 5. The lowest BCUT2D eigenvalue weighted by molar-refractivity contribution is 0.0153. The fourth-order valence-electron chi connectivity index (χ4n) is 2.98. The van der Waals surface area contributed by atoms with Gasteiger partial charge >= 0.3 is 0 Å². The number of hydrogen-bond acceptors (Lipinski definition) is 5. The van der Waals surface area contributed by atoms with E-state index in [1.54, 1.807) is 18.0 Å². The molecule has 6 nitrogen and oxygen atoms in total. The number of methoxy groups -OCH3 is 1. The van der Waals surface area contributed by atoms with Crippen LogP contribution in [-0.2, 0) is 11.3 Å². The summed E-state index contributed by atoms with van der Waals surface area (Å²) >= 11 is 6.16. The van der Waals surface area contributed by atoms with E-state index in [4.69, 9.17) is 16.3 Å². The third-order valence-electron chi connectivity index (χ3n) is 4.12. The fraction of sp³-hybridized carbons (Fsp3) is 0.692. The third-order valence-corrected chi connectivity index (χ3v) is 4.39. The van der Waals surface area contributed by atoms with Gasteiger partial charge < -0.3 is 4.74 Å². The van der Waals surface area contributed by atoms with Gasteiger partial charge in [0.1, 0.15) is 5.69 Å². The summed E-state index contributed by atoms with van der Waals surface area (Å²) in [5.74, 6) is 0.0769. The molecule has 3 aliphatic rings. The van der Waals surface area contributed by atoms with Crippen LogP contribution in [0.25, 0.3) is 0 Å². The van der Waals surface area contributed by atoms with E-state index in [1.165, 1.54) is 0 Å². The first-order valence-corrected chi connectivity index (χ1v) is 7.29. The number of carbonyl (C=O) groups excluding carboxylic acids is 1. The summed E-state index contributed by atoms with van der Waals surface area (Å²) in [6.45, 7) is 5.88. The molecule has 3 saturated heterocycles. The molecule has 0 aliphatic carbocycles. The summed E-state index contributed by atoms with van der Waals surface area (Å²) in [6.07, 6.45) is 1.54. The lowest BCUT2D eigenvalue weighted by Crippen LogP contribution is -2.63. The Morgan fingerprint density at radius 1 is 1.45 bits per heavy atom. The van der Waals surface area contributed by atoms with Crippen molar-refractivity contribution in [1.29, 1.82) is 0 Å². The lowest BCUT2D eigenvalue weighted by Gasteiger charge is -2.46. The highest BCUT2D eigenvalue weighted by atomic mass is 35.5. The maximum atomic E-state index is 12.8. The zero-order valence-corrected chi connectivity index (χ0v) is 12.3. The van der Waals surface area contributed by atoms with E-state index in [2.05, 4.69) is 14.9 Å². The van der Waals surface area contributed by atoms with Crippen molar-refractivity contribution < 1.29 is 9.53 Å². The largest absolute Gasteiger partial charge is 0.383 e. The highest BCUT2D eigenvalue weighted by Crippen LogP contribution is 2.23. The van der Waals surface area contributed by atoms with Gasteiger partial charge in [-0.2, -0.15) is 5.10 Å². The number of piperazine rings is 3. The van der Waals surface area contributed by atoms with Gasteiger partial charge in [0.2, 0.25) is 5.78 Å². The lowest BCUT2D eigenvalue weighted by atomic mass is 10.0. The Bertz CT molecular complexity index is 497. The van der Waals surface area contributed by atoms with Gasteiger partial charge in [-0.15, -0.1) is 0 Å². The Balaban J connectivity index is 1.81. The molecule has 0 spiro atoms. The molecule has 0 amide bonds. The van der Waals surface area contributed by atoms with E-state index < -0.39 is 0 Å². The Kier molecular flexibility index (Phi) is 4.07. The molecule has 2 bridgehead atoms. The van der Waals surface area contributed by atoms with Crippen LogP contribution in [0.5, 0.6) is 0 Å². The molecule has 1 aromatic heterocycles. The summed E-state index contributed by atoms with van der Waals surface area (Å²) in [4.78, 5) is 17.4. The van der Waals surface area contributed by atoms with E-state index in [9.17, 15) is 4.79 Å². The van der Waals surface area contributed by atoms with Crippen molar-refractivity contribution in [3.05, 3.63) is 16.9 Å². The van der Waals surface area contributed by atoms with Crippen molar-refractivity contribution in [1.82, 2.24) is 19.6 Å². The third kappa shape index (κ3) is 2.48. The summed E-state index contributed by atoms with van der Waals surface area (Å²) in [5, 5.41) is 4.62. The second kappa shape index (κ2) is 5.81. The second-order valence-corrected chi connectivity index (χ2v) is 5.68. The van der Waals surface area contributed by atoms with Gasteiger partial charge in [0.05, 0.1) is 30.4 Å². The van der Waals surface area contributed by atoms with E-state index in [0.29, 0.717) is 23.9 Å². The zero-order chi connectivity index (χ0) is 14.1. The average Bonchev–Trinajstić information content (AvgIpc) is 2.86. The Labute approximate surface area is 123 Å². The van der Waals surface area contributed by atoms with Gasteiger partial charge in [-0.3, -0.25) is 19.3 Å². The molecule has 0 aromatic carbocycles. The average molecular weight is 299 g/mol. The topological polar surface area (TPSA) is 50.6 Å². The predicted molar refractivity (Wildman–Crippen MR) is 75.2 cm³/mol. The monoisotopic (exact) mass is 298 g/mol. The van der Waals surface area contributed by atoms with Crippen LogP contribution in [0.3, 0.4) is 0 Å². The highest BCUT2D eigenvalue weighted by molar-refractivity contribution is 6.33. The zero-order valence-electron chi connectivity index (χ0n) is 11.6. The van der Waals surface area contributed by atoms with Crippen LogP contribution in [-0.4, -0.2) is 77.8 Å². The van der Waals surface area contributed by atoms with Gasteiger partial charge in [0, 0.05) is 39.8 Å². The first-order valence-electron chi connectivity index (χ1n) is 6.91. The maximum absolute atomic E-state index is 12.8. The molecule has 1 unspecified atom stereocenters. The molecular formula is C13H19ClN4O2. The molecule has 20 heavy (non-hydrogen) atoms. The highest BCUT2D eigenvalue weighted by Gasteiger charge is 2.38. The maximum Gasteiger partial charge on any atom is 0.200 e. The Morgan fingerprint density at radius 3 is 2.80 bits per heavy atom. The first kappa shape index (κ1) is 14.0. The van der Waals surface area contributed by atoms with Crippen LogP contribution in [0.2, 0.25) is 5.02 Å². The minimum absolute atomic E-state index is 0.0769. The first-order chi connectivity index (χ1) is 9.70. The van der Waals surface area contributed by atoms with E-state index >= 15 is 0 Å². The van der Waals surface area contributed by atoms with Crippen LogP contribution in [0.15, 0.2) is 6.20 Å². The molecule has 4 rings (SSSR count). The molecule has 0 saturated carbocycles. The number of nitrogens with zero attached hydrogens (tertiary/aromatic N) is 4. The van der Waals surface area contributed by atoms with Gasteiger partial charge in [-0.05, 0) is 0 Å². The molecule has 1 atom stereocenters. The molecule has 110 valence electrons. The van der Waals surface area contributed by atoms with Gasteiger partial charge in [-0.1, -0.05) is 11.6 Å². The molecule has 1 aromatic rings. The van der Waals surface area contributed by atoms with E-state index in [-0.39, 0.29) is 11.8 Å². The summed E-state index contributed by atoms with van der Waals surface area (Å²) < 4.78 is 6.71. The number of ketones is 1. The van der Waals surface area contributed by atoms with Crippen molar-refractivity contribution in [3.8, 4) is 0 Å². The fourth-order valence-corrected chi connectivity index (χ4v) is 3.21. The number of aromatic nitrogens is 2. The van der Waals surface area contributed by atoms with Gasteiger partial charge in [-0.25, -0.2) is 0 Å². The van der Waals surface area contributed by atoms with Gasteiger partial charge in [0.25, 0.3) is 0 Å². The molecular weight excluding hydrogens is 280 g/mol. The van der Waals surface area contributed by atoms with Crippen LogP contribution in [0, 0.1) is 0 Å². The standard InChI is InChI=1S/C13H19ClN4O2/c1-20-7-6-18-12(10(14)8-15-18)13(19)11-9-16-2-4-17(11)5-3-16/h8,11H,2-7,9H2,1H3. The van der Waals surface area contributed by atoms with Crippen LogP contribution >= 0.6 is 11.6 Å². The Morgan fingerprint density at radius 2 is 2.20 bits per heavy atom. The number of ether oxygens (including phenoxy) is 1. The minimum atomic E-state index is -0.0898. The van der Waals surface area contributed by atoms with Crippen molar-refractivity contribution in [3.63, 3.8) is 0 Å². The predicted octanol–water partition coefficient (Wildman–Crippen LogP) is 0.365. The minimum Gasteiger partial charge on any atom is -0.383 e. The van der Waals surface area contributed by atoms with Gasteiger partial charge in [0.15, 0.2) is 0 Å². The molecule has 3 aliphatic heterocycles. The van der Waals surface area contributed by atoms with Crippen molar-refractivity contribution in [2.45, 2.75) is 12.6 Å². The number of hydrogen-bond donors (Lipinski definition) is 0. The summed E-state index contributed by atoms with van der Waals surface area (Å²) in [7, 11) is 1.63. The molecule has 0 N–H and O–H groups in total. The van der Waals surface area contributed by atoms with Crippen molar-refractivity contribution in [2.75, 3.05) is 46.4 Å². The molecule has 0 radical (unpaired) electrons. The van der Waals surface area contributed by atoms with Crippen molar-refractivity contribution in [2.24, 2.45) is 0 Å². The van der Waals surface area contributed by atoms with Crippen LogP contribution in [0.4, 0.5) is 0 Å². The number of Topliss-reactive ketones (excluding diaryl/α,β-unsaturated/α-hetero) is 1. The van der Waals surface area contributed by atoms with E-state index in [0.717, 1.165) is 32.7 Å². The Hall–Kier alpha value is -0.950. The SMILES string of the molecule is COCCn1ncc(Cl)c1C(=O)C1CN2CCN1CC2. The number of carbonyl (C=O) groups is 1. The van der Waals surface area contributed by atoms with Crippen molar-refractivity contribution >= 4 is 17.4 Å². The molecule has 4 heterocycles. The number of halogens is 1. The second-order valence-electron chi connectivity index (χ2n) is 5.27. The van der Waals surface area contributed by atoms with E-state index in [1.807, 2.05) is 0 Å². The number of fused-ring (bicyclic) bond motifs is 3. The van der Waals surface area contributed by atoms with Crippen LogP contribution < -0.4 is 0 Å². The smallest absolute Gasteiger partial charge is 0.200 e. The quantitative estimate of drug-likeness (QED) is 0.735. The van der Waals surface area contributed by atoms with Crippen LogP contribution in [0.1, 0.15) is 10.5 Å². The molecule has 3 fully saturated rings. The summed E-state index contributed by atoms with van der Waals surface area (Å²) in [5.41, 5.74) is 0.516. The normalized spacial score (nSPS) is 28.8. The summed E-state index contributed by atoms with van der Waals surface area (Å²) in [6, 6.07) is -0.0898.